The summed E-state index contributed by atoms with van der Waals surface area (Å²) in [5, 5.41) is 0. The highest BCUT2D eigenvalue weighted by atomic mass is 15.2. The van der Waals surface area contributed by atoms with Gasteiger partial charge in [-0.1, -0.05) is 40.0 Å². The fraction of sp³-hybridized carbons (Fsp3) is 1.00. The summed E-state index contributed by atoms with van der Waals surface area (Å²) in [6.07, 6.45) is 8.61. The molecule has 0 atom stereocenters. The van der Waals surface area contributed by atoms with E-state index in [4.69, 9.17) is 0 Å². The summed E-state index contributed by atoms with van der Waals surface area (Å²) in [7, 11) is 0. The van der Waals surface area contributed by atoms with E-state index in [1.165, 1.54) is 51.6 Å². The molecule has 1 nitrogen and oxygen atoms in total. The smallest absolute Gasteiger partial charge is 0.0125 e. The molecular weight excluding hydrogens is 218 g/mol. The Balaban J connectivity index is 2.50. The molecule has 1 fully saturated rings. The van der Waals surface area contributed by atoms with E-state index in [9.17, 15) is 0 Å². The van der Waals surface area contributed by atoms with Gasteiger partial charge in [-0.3, -0.25) is 4.90 Å². The molecule has 18 heavy (non-hydrogen) atoms. The van der Waals surface area contributed by atoms with Gasteiger partial charge in [-0.05, 0) is 57.9 Å². The molecule has 0 aliphatic heterocycles. The molecule has 1 heteroatoms. The van der Waals surface area contributed by atoms with Crippen LogP contribution < -0.4 is 0 Å². The summed E-state index contributed by atoms with van der Waals surface area (Å²) in [5.74, 6) is 0.956. The van der Waals surface area contributed by atoms with Crippen molar-refractivity contribution in [3.63, 3.8) is 0 Å². The summed E-state index contributed by atoms with van der Waals surface area (Å²) >= 11 is 0. The first-order valence-electron chi connectivity index (χ1n) is 7.93. The second-order valence-electron chi connectivity index (χ2n) is 8.43. The van der Waals surface area contributed by atoms with Crippen LogP contribution in [0.25, 0.3) is 0 Å². The van der Waals surface area contributed by atoms with E-state index in [2.05, 4.69) is 46.4 Å². The first kappa shape index (κ1) is 16.0. The lowest BCUT2D eigenvalue weighted by molar-refractivity contribution is 0.0882. The molecule has 0 aromatic rings. The minimum atomic E-state index is 0.322. The van der Waals surface area contributed by atoms with Gasteiger partial charge >= 0.3 is 0 Å². The highest BCUT2D eigenvalue weighted by molar-refractivity contribution is 4.81. The van der Waals surface area contributed by atoms with Crippen LogP contribution in [0.4, 0.5) is 0 Å². The summed E-state index contributed by atoms with van der Waals surface area (Å²) in [5.41, 5.74) is 0.777. The molecule has 108 valence electrons. The number of rotatable bonds is 4. The molecule has 1 saturated carbocycles. The normalized spacial score (nSPS) is 19.5. The van der Waals surface area contributed by atoms with E-state index in [0.29, 0.717) is 11.0 Å². The van der Waals surface area contributed by atoms with Crippen LogP contribution in [0.3, 0.4) is 0 Å². The Morgan fingerprint density at radius 2 is 1.44 bits per heavy atom. The SMILES string of the molecule is CC(C)(C)CCN(CC1CCCCC1)C(C)(C)C. The molecule has 0 amide bonds. The van der Waals surface area contributed by atoms with Gasteiger partial charge in [0.2, 0.25) is 0 Å². The molecule has 1 aliphatic rings. The largest absolute Gasteiger partial charge is 0.298 e. The Morgan fingerprint density at radius 1 is 0.889 bits per heavy atom. The Morgan fingerprint density at radius 3 is 1.89 bits per heavy atom. The van der Waals surface area contributed by atoms with Crippen molar-refractivity contribution in [1.29, 1.82) is 0 Å². The van der Waals surface area contributed by atoms with Crippen LogP contribution in [0, 0.1) is 11.3 Å². The monoisotopic (exact) mass is 253 g/mol. The second kappa shape index (κ2) is 6.41. The van der Waals surface area contributed by atoms with E-state index in [0.717, 1.165) is 5.92 Å². The Bertz CT molecular complexity index is 225. The van der Waals surface area contributed by atoms with Crippen molar-refractivity contribution < 1.29 is 0 Å². The molecule has 0 N–H and O–H groups in total. The second-order valence-corrected chi connectivity index (χ2v) is 8.43. The molecule has 0 spiro atoms. The molecule has 0 radical (unpaired) electrons. The highest BCUT2D eigenvalue weighted by Gasteiger charge is 2.26. The van der Waals surface area contributed by atoms with Crippen LogP contribution >= 0.6 is 0 Å². The van der Waals surface area contributed by atoms with Gasteiger partial charge < -0.3 is 0 Å². The van der Waals surface area contributed by atoms with E-state index >= 15 is 0 Å². The summed E-state index contributed by atoms with van der Waals surface area (Å²) < 4.78 is 0. The minimum absolute atomic E-state index is 0.322. The van der Waals surface area contributed by atoms with Gasteiger partial charge in [0.25, 0.3) is 0 Å². The summed E-state index contributed by atoms with van der Waals surface area (Å²) in [4.78, 5) is 2.73. The lowest BCUT2D eigenvalue weighted by atomic mass is 9.86. The van der Waals surface area contributed by atoms with Crippen LogP contribution in [-0.4, -0.2) is 23.5 Å². The van der Waals surface area contributed by atoms with Gasteiger partial charge in [0.05, 0.1) is 0 Å². The molecule has 1 aliphatic carbocycles. The van der Waals surface area contributed by atoms with Crippen LogP contribution in [0.5, 0.6) is 0 Å². The van der Waals surface area contributed by atoms with Crippen molar-refractivity contribution in [2.45, 2.75) is 85.6 Å². The van der Waals surface area contributed by atoms with E-state index in [-0.39, 0.29) is 0 Å². The van der Waals surface area contributed by atoms with Crippen LogP contribution in [-0.2, 0) is 0 Å². The zero-order valence-corrected chi connectivity index (χ0v) is 13.7. The van der Waals surface area contributed by atoms with Crippen molar-refractivity contribution in [2.24, 2.45) is 11.3 Å². The molecule has 1 rings (SSSR count). The summed E-state index contributed by atoms with van der Waals surface area (Å²) in [6, 6.07) is 0. The van der Waals surface area contributed by atoms with Gasteiger partial charge in [0.15, 0.2) is 0 Å². The lowest BCUT2D eigenvalue weighted by Gasteiger charge is -2.40. The Hall–Kier alpha value is -0.0400. The molecule has 0 saturated heterocycles. The quantitative estimate of drug-likeness (QED) is 0.673. The zero-order valence-electron chi connectivity index (χ0n) is 13.7. The third kappa shape index (κ3) is 6.22. The van der Waals surface area contributed by atoms with Gasteiger partial charge in [-0.2, -0.15) is 0 Å². The van der Waals surface area contributed by atoms with Gasteiger partial charge in [0.1, 0.15) is 0 Å². The van der Waals surface area contributed by atoms with Crippen molar-refractivity contribution in [3.8, 4) is 0 Å². The predicted molar refractivity (Wildman–Crippen MR) is 82.0 cm³/mol. The zero-order chi connectivity index (χ0) is 13.8. The van der Waals surface area contributed by atoms with Gasteiger partial charge in [0, 0.05) is 12.1 Å². The molecule has 0 bridgehead atoms. The third-order valence-electron chi connectivity index (χ3n) is 4.28. The maximum absolute atomic E-state index is 2.73. The van der Waals surface area contributed by atoms with Crippen molar-refractivity contribution in [1.82, 2.24) is 4.90 Å². The minimum Gasteiger partial charge on any atom is -0.298 e. The van der Waals surface area contributed by atoms with Crippen molar-refractivity contribution >= 4 is 0 Å². The third-order valence-corrected chi connectivity index (χ3v) is 4.28. The maximum atomic E-state index is 2.73. The molecule has 0 aromatic carbocycles. The molecule has 0 heterocycles. The highest BCUT2D eigenvalue weighted by Crippen LogP contribution is 2.28. The fourth-order valence-electron chi connectivity index (χ4n) is 2.85. The Kier molecular flexibility index (Phi) is 5.70. The Labute approximate surface area is 115 Å². The van der Waals surface area contributed by atoms with Crippen LogP contribution in [0.15, 0.2) is 0 Å². The molecule has 0 unspecified atom stereocenters. The maximum Gasteiger partial charge on any atom is 0.0125 e. The van der Waals surface area contributed by atoms with Crippen molar-refractivity contribution in [3.05, 3.63) is 0 Å². The van der Waals surface area contributed by atoms with E-state index in [1.807, 2.05) is 0 Å². The van der Waals surface area contributed by atoms with Gasteiger partial charge in [-0.25, -0.2) is 0 Å². The first-order chi connectivity index (χ1) is 8.18. The number of hydrogen-bond donors (Lipinski definition) is 0. The van der Waals surface area contributed by atoms with Gasteiger partial charge in [-0.15, -0.1) is 0 Å². The first-order valence-corrected chi connectivity index (χ1v) is 7.93. The molecular formula is C17H35N. The standard InChI is InChI=1S/C17H35N/c1-16(2,3)12-13-18(17(4,5)6)14-15-10-8-7-9-11-15/h15H,7-14H2,1-6H3. The summed E-state index contributed by atoms with van der Waals surface area (Å²) in [6.45, 7) is 16.8. The van der Waals surface area contributed by atoms with Crippen LogP contribution in [0.2, 0.25) is 0 Å². The number of nitrogens with zero attached hydrogens (tertiary/aromatic N) is 1. The van der Waals surface area contributed by atoms with Crippen molar-refractivity contribution in [2.75, 3.05) is 13.1 Å². The van der Waals surface area contributed by atoms with Crippen LogP contribution in [0.1, 0.15) is 80.1 Å². The topological polar surface area (TPSA) is 3.24 Å². The number of hydrogen-bond acceptors (Lipinski definition) is 1. The molecule has 0 aromatic heterocycles. The lowest BCUT2D eigenvalue weighted by Crippen LogP contribution is -2.45. The average molecular weight is 253 g/mol. The fourth-order valence-corrected chi connectivity index (χ4v) is 2.85. The predicted octanol–water partition coefficient (Wildman–Crippen LogP) is 5.10. The average Bonchev–Trinajstić information content (AvgIpc) is 2.22. The van der Waals surface area contributed by atoms with E-state index < -0.39 is 0 Å². The van der Waals surface area contributed by atoms with E-state index in [1.54, 1.807) is 0 Å².